The number of pyridine rings is 1. The molecule has 0 amide bonds. The average molecular weight is 248 g/mol. The van der Waals surface area contributed by atoms with Gasteiger partial charge in [-0.05, 0) is 29.5 Å². The summed E-state index contributed by atoms with van der Waals surface area (Å²) in [5, 5.41) is 2.30. The van der Waals surface area contributed by atoms with Crippen LogP contribution in [0.3, 0.4) is 0 Å². The number of nitrogens with zero attached hydrogens (tertiary/aromatic N) is 1. The first-order valence-electron chi connectivity index (χ1n) is 6.40. The van der Waals surface area contributed by atoms with Crippen molar-refractivity contribution in [3.63, 3.8) is 0 Å². The molecule has 0 spiro atoms. The van der Waals surface area contributed by atoms with Crippen molar-refractivity contribution in [1.29, 1.82) is 0 Å². The lowest BCUT2D eigenvalue weighted by Gasteiger charge is -2.15. The lowest BCUT2D eigenvalue weighted by molar-refractivity contribution is 0.879. The summed E-state index contributed by atoms with van der Waals surface area (Å²) in [6, 6.07) is 16.5. The second kappa shape index (κ2) is 4.82. The zero-order valence-corrected chi connectivity index (χ0v) is 10.9. The van der Waals surface area contributed by atoms with Crippen LogP contribution in [0.15, 0.2) is 60.9 Å². The number of benzene rings is 2. The van der Waals surface area contributed by atoms with Gasteiger partial charge in [0.25, 0.3) is 0 Å². The van der Waals surface area contributed by atoms with Crippen LogP contribution in [0.5, 0.6) is 0 Å². The van der Waals surface area contributed by atoms with E-state index < -0.39 is 0 Å². The first kappa shape index (κ1) is 11.9. The van der Waals surface area contributed by atoms with Crippen molar-refractivity contribution in [2.75, 3.05) is 0 Å². The van der Waals surface area contributed by atoms with E-state index in [1.165, 1.54) is 10.9 Å². The van der Waals surface area contributed by atoms with Gasteiger partial charge in [0.1, 0.15) is 0 Å². The molecular formula is C17H16N2. The summed E-state index contributed by atoms with van der Waals surface area (Å²) in [6.07, 6.45) is 3.70. The number of hydrogen-bond acceptors (Lipinski definition) is 2. The standard InChI is InChI=1S/C17H16N2/c1-12-5-7-14(8-6-12)17(18)15-4-2-3-13-9-10-19-11-16(13)15/h2-11,17H,18H2,1H3. The molecule has 0 bridgehead atoms. The normalized spacial score (nSPS) is 12.5. The summed E-state index contributed by atoms with van der Waals surface area (Å²) in [4.78, 5) is 4.21. The molecule has 2 nitrogen and oxygen atoms in total. The molecule has 3 rings (SSSR count). The van der Waals surface area contributed by atoms with E-state index in [4.69, 9.17) is 5.73 Å². The van der Waals surface area contributed by atoms with Gasteiger partial charge in [-0.1, -0.05) is 48.0 Å². The van der Waals surface area contributed by atoms with Crippen LogP contribution in [0.2, 0.25) is 0 Å². The number of aryl methyl sites for hydroxylation is 1. The van der Waals surface area contributed by atoms with Gasteiger partial charge in [0.2, 0.25) is 0 Å². The maximum Gasteiger partial charge on any atom is 0.0558 e. The molecule has 0 aliphatic rings. The molecule has 1 unspecified atom stereocenters. The molecule has 1 aromatic heterocycles. The summed E-state index contributed by atoms with van der Waals surface area (Å²) in [7, 11) is 0. The van der Waals surface area contributed by atoms with Gasteiger partial charge >= 0.3 is 0 Å². The summed E-state index contributed by atoms with van der Waals surface area (Å²) < 4.78 is 0. The molecule has 0 radical (unpaired) electrons. The zero-order valence-electron chi connectivity index (χ0n) is 10.9. The fraction of sp³-hybridized carbons (Fsp3) is 0.118. The first-order valence-corrected chi connectivity index (χ1v) is 6.40. The van der Waals surface area contributed by atoms with E-state index in [0.29, 0.717) is 0 Å². The summed E-state index contributed by atoms with van der Waals surface area (Å²) >= 11 is 0. The van der Waals surface area contributed by atoms with Crippen LogP contribution >= 0.6 is 0 Å². The summed E-state index contributed by atoms with van der Waals surface area (Å²) in [5.41, 5.74) is 9.90. The number of hydrogen-bond donors (Lipinski definition) is 1. The van der Waals surface area contributed by atoms with Crippen molar-refractivity contribution >= 4 is 10.8 Å². The van der Waals surface area contributed by atoms with Crippen molar-refractivity contribution in [2.24, 2.45) is 5.73 Å². The molecule has 2 N–H and O–H groups in total. The molecule has 94 valence electrons. The van der Waals surface area contributed by atoms with E-state index in [0.717, 1.165) is 16.5 Å². The van der Waals surface area contributed by atoms with E-state index in [2.05, 4.69) is 48.3 Å². The van der Waals surface area contributed by atoms with Crippen molar-refractivity contribution in [3.8, 4) is 0 Å². The summed E-state index contributed by atoms with van der Waals surface area (Å²) in [5.74, 6) is 0. The fourth-order valence-electron chi connectivity index (χ4n) is 2.36. The topological polar surface area (TPSA) is 38.9 Å². The minimum absolute atomic E-state index is 0.117. The van der Waals surface area contributed by atoms with Crippen molar-refractivity contribution in [1.82, 2.24) is 4.98 Å². The Balaban J connectivity index is 2.11. The Bertz CT molecular complexity index is 697. The third-order valence-corrected chi connectivity index (χ3v) is 3.49. The van der Waals surface area contributed by atoms with Crippen molar-refractivity contribution in [2.45, 2.75) is 13.0 Å². The Morgan fingerprint density at radius 3 is 2.58 bits per heavy atom. The van der Waals surface area contributed by atoms with Crippen LogP contribution < -0.4 is 5.73 Å². The van der Waals surface area contributed by atoms with Crippen LogP contribution in [0, 0.1) is 6.92 Å². The number of rotatable bonds is 2. The first-order chi connectivity index (χ1) is 9.25. The lowest BCUT2D eigenvalue weighted by Crippen LogP contribution is -2.12. The van der Waals surface area contributed by atoms with E-state index in [1.807, 2.05) is 24.5 Å². The third kappa shape index (κ3) is 2.23. The van der Waals surface area contributed by atoms with Gasteiger partial charge in [0, 0.05) is 17.8 Å². The minimum atomic E-state index is -0.117. The van der Waals surface area contributed by atoms with Crippen LogP contribution in [0.1, 0.15) is 22.7 Å². The molecule has 0 aliphatic heterocycles. The molecule has 0 saturated carbocycles. The lowest BCUT2D eigenvalue weighted by atomic mass is 9.95. The maximum atomic E-state index is 6.40. The highest BCUT2D eigenvalue weighted by Crippen LogP contribution is 2.26. The average Bonchev–Trinajstić information content (AvgIpc) is 2.47. The van der Waals surface area contributed by atoms with Crippen LogP contribution in [-0.4, -0.2) is 4.98 Å². The third-order valence-electron chi connectivity index (χ3n) is 3.49. The van der Waals surface area contributed by atoms with Gasteiger partial charge in [-0.25, -0.2) is 0 Å². The van der Waals surface area contributed by atoms with Gasteiger partial charge in [-0.15, -0.1) is 0 Å². The van der Waals surface area contributed by atoms with Crippen LogP contribution in [-0.2, 0) is 0 Å². The molecule has 0 aliphatic carbocycles. The van der Waals surface area contributed by atoms with Gasteiger partial charge < -0.3 is 5.73 Å². The van der Waals surface area contributed by atoms with Crippen LogP contribution in [0.25, 0.3) is 10.8 Å². The van der Waals surface area contributed by atoms with E-state index >= 15 is 0 Å². The second-order valence-corrected chi connectivity index (χ2v) is 4.83. The van der Waals surface area contributed by atoms with Crippen molar-refractivity contribution in [3.05, 3.63) is 77.6 Å². The quantitative estimate of drug-likeness (QED) is 0.752. The molecule has 1 heterocycles. The monoisotopic (exact) mass is 248 g/mol. The van der Waals surface area contributed by atoms with Crippen LogP contribution in [0.4, 0.5) is 0 Å². The smallest absolute Gasteiger partial charge is 0.0558 e. The number of aromatic nitrogens is 1. The van der Waals surface area contributed by atoms with Gasteiger partial charge in [0.15, 0.2) is 0 Å². The Labute approximate surface area is 112 Å². The molecule has 3 aromatic rings. The van der Waals surface area contributed by atoms with Crippen molar-refractivity contribution < 1.29 is 0 Å². The molecule has 1 atom stereocenters. The summed E-state index contributed by atoms with van der Waals surface area (Å²) in [6.45, 7) is 2.08. The van der Waals surface area contributed by atoms with Gasteiger partial charge in [0.05, 0.1) is 6.04 Å². The Morgan fingerprint density at radius 2 is 1.79 bits per heavy atom. The number of fused-ring (bicyclic) bond motifs is 1. The molecular weight excluding hydrogens is 232 g/mol. The largest absolute Gasteiger partial charge is 0.320 e. The second-order valence-electron chi connectivity index (χ2n) is 4.83. The maximum absolute atomic E-state index is 6.40. The van der Waals surface area contributed by atoms with Gasteiger partial charge in [-0.3, -0.25) is 4.98 Å². The molecule has 0 fully saturated rings. The zero-order chi connectivity index (χ0) is 13.2. The Morgan fingerprint density at radius 1 is 1.00 bits per heavy atom. The highest BCUT2D eigenvalue weighted by molar-refractivity contribution is 5.85. The van der Waals surface area contributed by atoms with E-state index in [-0.39, 0.29) is 6.04 Å². The van der Waals surface area contributed by atoms with E-state index in [9.17, 15) is 0 Å². The highest BCUT2D eigenvalue weighted by Gasteiger charge is 2.11. The Hall–Kier alpha value is -2.19. The minimum Gasteiger partial charge on any atom is -0.320 e. The predicted molar refractivity (Wildman–Crippen MR) is 79.0 cm³/mol. The molecule has 0 saturated heterocycles. The molecule has 19 heavy (non-hydrogen) atoms. The molecule has 2 heteroatoms. The number of nitrogens with two attached hydrogens (primary N) is 1. The fourth-order valence-corrected chi connectivity index (χ4v) is 2.36. The Kier molecular flexibility index (Phi) is 3.02. The van der Waals surface area contributed by atoms with E-state index in [1.54, 1.807) is 0 Å². The molecule has 2 aromatic carbocycles. The highest BCUT2D eigenvalue weighted by atomic mass is 14.6. The predicted octanol–water partition coefficient (Wildman–Crippen LogP) is 3.59. The SMILES string of the molecule is Cc1ccc(C(N)c2cccc3ccncc23)cc1. The van der Waals surface area contributed by atoms with Gasteiger partial charge in [-0.2, -0.15) is 0 Å².